The number of hydrogen-bond acceptors (Lipinski definition) is 4. The van der Waals surface area contributed by atoms with Crippen LogP contribution in [-0.2, 0) is 4.79 Å². The summed E-state index contributed by atoms with van der Waals surface area (Å²) in [5.41, 5.74) is 0.748. The summed E-state index contributed by atoms with van der Waals surface area (Å²) in [5, 5.41) is 18.3. The molecule has 5 heteroatoms. The Morgan fingerprint density at radius 1 is 1.47 bits per heavy atom. The SMILES string of the molecule is Cc1ccc(C#N)c(N2CCC(C)(C(=O)O)CC2)n1. The Balaban J connectivity index is 2.21. The molecule has 0 amide bonds. The Hall–Kier alpha value is -2.09. The number of carboxylic acid groups (broad SMARTS) is 1. The third-order valence-electron chi connectivity index (χ3n) is 3.82. The van der Waals surface area contributed by atoms with Crippen LogP contribution in [0, 0.1) is 23.7 Å². The maximum absolute atomic E-state index is 11.2. The topological polar surface area (TPSA) is 77.2 Å². The Kier molecular flexibility index (Phi) is 3.43. The summed E-state index contributed by atoms with van der Waals surface area (Å²) in [6.45, 7) is 4.90. The Bertz CT molecular complexity index is 540. The van der Waals surface area contributed by atoms with Crippen LogP contribution < -0.4 is 4.90 Å². The molecule has 1 aromatic heterocycles. The minimum atomic E-state index is -0.746. The van der Waals surface area contributed by atoms with E-state index in [0.717, 1.165) is 5.69 Å². The van der Waals surface area contributed by atoms with Crippen molar-refractivity contribution in [3.8, 4) is 6.07 Å². The molecule has 19 heavy (non-hydrogen) atoms. The number of nitrogens with zero attached hydrogens (tertiary/aromatic N) is 3. The highest BCUT2D eigenvalue weighted by atomic mass is 16.4. The monoisotopic (exact) mass is 259 g/mol. The van der Waals surface area contributed by atoms with Crippen molar-refractivity contribution in [2.75, 3.05) is 18.0 Å². The molecule has 2 heterocycles. The van der Waals surface area contributed by atoms with Crippen LogP contribution in [0.5, 0.6) is 0 Å². The molecule has 1 N–H and O–H groups in total. The van der Waals surface area contributed by atoms with E-state index in [2.05, 4.69) is 11.1 Å². The molecule has 0 unspecified atom stereocenters. The van der Waals surface area contributed by atoms with Crippen LogP contribution in [0.25, 0.3) is 0 Å². The van der Waals surface area contributed by atoms with E-state index >= 15 is 0 Å². The zero-order valence-electron chi connectivity index (χ0n) is 11.2. The van der Waals surface area contributed by atoms with Gasteiger partial charge in [0.05, 0.1) is 11.0 Å². The van der Waals surface area contributed by atoms with Gasteiger partial charge in [-0.05, 0) is 38.8 Å². The third kappa shape index (κ3) is 2.53. The second kappa shape index (κ2) is 4.88. The quantitative estimate of drug-likeness (QED) is 0.878. The Labute approximate surface area is 112 Å². The van der Waals surface area contributed by atoms with Gasteiger partial charge < -0.3 is 10.0 Å². The van der Waals surface area contributed by atoms with Gasteiger partial charge in [0, 0.05) is 18.8 Å². The summed E-state index contributed by atoms with van der Waals surface area (Å²) in [6.07, 6.45) is 1.14. The third-order valence-corrected chi connectivity index (χ3v) is 3.82. The predicted octanol–water partition coefficient (Wildman–Crippen LogP) is 1.95. The van der Waals surface area contributed by atoms with Crippen LogP contribution in [-0.4, -0.2) is 29.1 Å². The lowest BCUT2D eigenvalue weighted by atomic mass is 9.80. The number of pyridine rings is 1. The van der Waals surface area contributed by atoms with Gasteiger partial charge in [-0.15, -0.1) is 0 Å². The predicted molar refractivity (Wildman–Crippen MR) is 70.9 cm³/mol. The van der Waals surface area contributed by atoms with Crippen LogP contribution in [0.1, 0.15) is 31.0 Å². The van der Waals surface area contributed by atoms with E-state index in [-0.39, 0.29) is 0 Å². The molecule has 1 saturated heterocycles. The number of piperidine rings is 1. The number of aryl methyl sites for hydroxylation is 1. The number of carboxylic acids is 1. The van der Waals surface area contributed by atoms with Crippen molar-refractivity contribution in [3.63, 3.8) is 0 Å². The average molecular weight is 259 g/mol. The molecule has 0 saturated carbocycles. The van der Waals surface area contributed by atoms with E-state index in [1.807, 2.05) is 17.9 Å². The fourth-order valence-electron chi connectivity index (χ4n) is 2.30. The minimum Gasteiger partial charge on any atom is -0.481 e. The number of rotatable bonds is 2. The van der Waals surface area contributed by atoms with Crippen molar-refractivity contribution in [2.45, 2.75) is 26.7 Å². The highest BCUT2D eigenvalue weighted by Crippen LogP contribution is 2.33. The van der Waals surface area contributed by atoms with Crippen molar-refractivity contribution in [1.29, 1.82) is 5.26 Å². The van der Waals surface area contributed by atoms with Gasteiger partial charge in [0.1, 0.15) is 11.9 Å². The first-order chi connectivity index (χ1) is 8.96. The number of carbonyl (C=O) groups is 1. The Morgan fingerprint density at radius 3 is 2.63 bits per heavy atom. The van der Waals surface area contributed by atoms with E-state index in [0.29, 0.717) is 37.3 Å². The van der Waals surface area contributed by atoms with Crippen molar-refractivity contribution in [3.05, 3.63) is 23.4 Å². The van der Waals surface area contributed by atoms with Gasteiger partial charge in [-0.3, -0.25) is 4.79 Å². The summed E-state index contributed by atoms with van der Waals surface area (Å²) >= 11 is 0. The zero-order chi connectivity index (χ0) is 14.0. The van der Waals surface area contributed by atoms with Crippen LogP contribution in [0.4, 0.5) is 5.82 Å². The average Bonchev–Trinajstić information content (AvgIpc) is 2.39. The smallest absolute Gasteiger partial charge is 0.309 e. The maximum Gasteiger partial charge on any atom is 0.309 e. The molecule has 0 aromatic carbocycles. The molecular formula is C14H17N3O2. The molecule has 0 bridgehead atoms. The summed E-state index contributed by atoms with van der Waals surface area (Å²) in [6, 6.07) is 5.72. The number of hydrogen-bond donors (Lipinski definition) is 1. The van der Waals surface area contributed by atoms with E-state index in [1.165, 1.54) is 0 Å². The second-order valence-corrected chi connectivity index (χ2v) is 5.29. The van der Waals surface area contributed by atoms with Crippen molar-refractivity contribution in [1.82, 2.24) is 4.98 Å². The second-order valence-electron chi connectivity index (χ2n) is 5.29. The lowest BCUT2D eigenvalue weighted by Gasteiger charge is -2.37. The Morgan fingerprint density at radius 2 is 2.11 bits per heavy atom. The van der Waals surface area contributed by atoms with Crippen LogP contribution >= 0.6 is 0 Å². The first-order valence-corrected chi connectivity index (χ1v) is 6.32. The lowest BCUT2D eigenvalue weighted by molar-refractivity contribution is -0.149. The van der Waals surface area contributed by atoms with Crippen LogP contribution in [0.3, 0.4) is 0 Å². The van der Waals surface area contributed by atoms with Gasteiger partial charge in [0.2, 0.25) is 0 Å². The standard InChI is InChI=1S/C14H17N3O2/c1-10-3-4-11(9-15)12(16-10)17-7-5-14(2,6-8-17)13(18)19/h3-4H,5-8H2,1-2H3,(H,18,19). The van der Waals surface area contributed by atoms with E-state index in [4.69, 9.17) is 5.26 Å². The van der Waals surface area contributed by atoms with Crippen LogP contribution in [0.15, 0.2) is 12.1 Å². The summed E-state index contributed by atoms with van der Waals surface area (Å²) < 4.78 is 0. The molecule has 0 aliphatic carbocycles. The van der Waals surface area contributed by atoms with Gasteiger partial charge in [0.25, 0.3) is 0 Å². The summed E-state index contributed by atoms with van der Waals surface area (Å²) in [5.74, 6) is -0.0696. The number of aromatic nitrogens is 1. The van der Waals surface area contributed by atoms with E-state index < -0.39 is 11.4 Å². The fourth-order valence-corrected chi connectivity index (χ4v) is 2.30. The number of anilines is 1. The van der Waals surface area contributed by atoms with Crippen LogP contribution in [0.2, 0.25) is 0 Å². The lowest BCUT2D eigenvalue weighted by Crippen LogP contribution is -2.43. The first-order valence-electron chi connectivity index (χ1n) is 6.32. The largest absolute Gasteiger partial charge is 0.481 e. The molecule has 1 aliphatic rings. The van der Waals surface area contributed by atoms with E-state index in [9.17, 15) is 9.90 Å². The molecule has 2 rings (SSSR count). The molecule has 0 spiro atoms. The normalized spacial score (nSPS) is 17.8. The van der Waals surface area contributed by atoms with E-state index in [1.54, 1.807) is 13.0 Å². The molecule has 100 valence electrons. The molecule has 1 aromatic rings. The molecule has 0 atom stereocenters. The van der Waals surface area contributed by atoms with Crippen molar-refractivity contribution in [2.24, 2.45) is 5.41 Å². The van der Waals surface area contributed by atoms with Crippen molar-refractivity contribution >= 4 is 11.8 Å². The number of nitriles is 1. The van der Waals surface area contributed by atoms with Gasteiger partial charge in [0.15, 0.2) is 0 Å². The van der Waals surface area contributed by atoms with Gasteiger partial charge in [-0.2, -0.15) is 5.26 Å². The molecule has 1 fully saturated rings. The minimum absolute atomic E-state index is 0.546. The highest BCUT2D eigenvalue weighted by molar-refractivity contribution is 5.74. The van der Waals surface area contributed by atoms with Crippen molar-refractivity contribution < 1.29 is 9.90 Å². The molecule has 1 aliphatic heterocycles. The summed E-state index contributed by atoms with van der Waals surface area (Å²) in [7, 11) is 0. The molecule has 0 radical (unpaired) electrons. The molecule has 5 nitrogen and oxygen atoms in total. The molecular weight excluding hydrogens is 242 g/mol. The maximum atomic E-state index is 11.2. The van der Waals surface area contributed by atoms with Gasteiger partial charge >= 0.3 is 5.97 Å². The fraction of sp³-hybridized carbons (Fsp3) is 0.500. The van der Waals surface area contributed by atoms with Gasteiger partial charge in [-0.1, -0.05) is 0 Å². The first kappa shape index (κ1) is 13.3. The highest BCUT2D eigenvalue weighted by Gasteiger charge is 2.37. The zero-order valence-corrected chi connectivity index (χ0v) is 11.2. The number of aliphatic carboxylic acids is 1. The summed E-state index contributed by atoms with van der Waals surface area (Å²) in [4.78, 5) is 17.6. The van der Waals surface area contributed by atoms with Gasteiger partial charge in [-0.25, -0.2) is 4.98 Å².